The van der Waals surface area contributed by atoms with Gasteiger partial charge in [-0.25, -0.2) is 13.8 Å². The van der Waals surface area contributed by atoms with Crippen LogP contribution in [0.1, 0.15) is 61.1 Å². The largest absolute Gasteiger partial charge is 0.386 e. The molecule has 0 radical (unpaired) electrons. The summed E-state index contributed by atoms with van der Waals surface area (Å²) >= 11 is 6.24. The number of aromatic amines is 2. The number of benzene rings is 3. The number of nitrogens with zero attached hydrogens (tertiary/aromatic N) is 1. The van der Waals surface area contributed by atoms with E-state index >= 15 is 4.39 Å². The van der Waals surface area contributed by atoms with Gasteiger partial charge in [-0.1, -0.05) is 41.9 Å². The number of alkyl halides is 1. The van der Waals surface area contributed by atoms with E-state index in [0.717, 1.165) is 4.57 Å². The quantitative estimate of drug-likeness (QED) is 0.236. The molecule has 2 heterocycles. The number of hydrogen-bond acceptors (Lipinski definition) is 4. The van der Waals surface area contributed by atoms with Crippen LogP contribution in [0, 0.1) is 6.92 Å². The smallest absolute Gasteiger partial charge is 0.333 e. The van der Waals surface area contributed by atoms with Crippen molar-refractivity contribution < 1.29 is 14.3 Å². The lowest BCUT2D eigenvalue weighted by Crippen LogP contribution is -2.44. The van der Waals surface area contributed by atoms with Crippen LogP contribution in [0.4, 0.5) is 4.39 Å². The summed E-state index contributed by atoms with van der Waals surface area (Å²) in [5, 5.41) is 11.8. The number of para-hydroxylation sites is 1. The molecule has 5 aromatic rings. The molecule has 3 atom stereocenters. The first-order chi connectivity index (χ1) is 19.7. The Morgan fingerprint density at radius 1 is 1.12 bits per heavy atom. The van der Waals surface area contributed by atoms with Gasteiger partial charge in [-0.15, -0.1) is 0 Å². The van der Waals surface area contributed by atoms with Crippen molar-refractivity contribution in [3.8, 4) is 5.69 Å². The fourth-order valence-electron chi connectivity index (χ4n) is 6.55. The van der Waals surface area contributed by atoms with Crippen molar-refractivity contribution >= 4 is 39.3 Å². The molecule has 1 aliphatic rings. The van der Waals surface area contributed by atoms with Gasteiger partial charge in [-0.2, -0.15) is 0 Å². The molecule has 6 rings (SSSR count). The molecule has 0 aliphatic heterocycles. The maximum Gasteiger partial charge on any atom is 0.333 e. The van der Waals surface area contributed by atoms with Crippen LogP contribution >= 0.6 is 11.6 Å². The van der Waals surface area contributed by atoms with Gasteiger partial charge in [0.25, 0.3) is 5.56 Å². The number of carbonyl (C=O) groups is 1. The van der Waals surface area contributed by atoms with Gasteiger partial charge < -0.3 is 20.8 Å². The summed E-state index contributed by atoms with van der Waals surface area (Å²) in [5.74, 6) is -1.53. The molecule has 2 aromatic heterocycles. The molecule has 8 nitrogen and oxygen atoms in total. The van der Waals surface area contributed by atoms with Crippen LogP contribution in [0.25, 0.3) is 27.5 Å². The van der Waals surface area contributed by atoms with Crippen molar-refractivity contribution in [2.45, 2.75) is 57.2 Å². The third-order valence-corrected chi connectivity index (χ3v) is 9.12. The number of amides is 1. The fraction of sp³-hybridized carbons (Fsp3) is 0.281. The molecular weight excluding hydrogens is 559 g/mol. The van der Waals surface area contributed by atoms with E-state index in [4.69, 9.17) is 17.3 Å². The van der Waals surface area contributed by atoms with Gasteiger partial charge in [0.05, 0.1) is 38.5 Å². The van der Waals surface area contributed by atoms with Crippen LogP contribution in [0.5, 0.6) is 0 Å². The average molecular weight is 589 g/mol. The highest BCUT2D eigenvalue weighted by atomic mass is 35.5. The van der Waals surface area contributed by atoms with Gasteiger partial charge in [0, 0.05) is 16.6 Å². The second-order valence-corrected chi connectivity index (χ2v) is 12.2. The van der Waals surface area contributed by atoms with Gasteiger partial charge in [-0.05, 0) is 80.6 Å². The Morgan fingerprint density at radius 2 is 1.83 bits per heavy atom. The first-order valence-corrected chi connectivity index (χ1v) is 14.0. The summed E-state index contributed by atoms with van der Waals surface area (Å²) in [7, 11) is 0. The summed E-state index contributed by atoms with van der Waals surface area (Å²) in [6.45, 7) is 6.86. The zero-order valence-electron chi connectivity index (χ0n) is 23.5. The van der Waals surface area contributed by atoms with Crippen LogP contribution in [0.15, 0.2) is 64.2 Å². The number of nitrogens with one attached hydrogen (secondary N) is 2. The highest BCUT2D eigenvalue weighted by Gasteiger charge is 2.50. The monoisotopic (exact) mass is 588 g/mol. The van der Waals surface area contributed by atoms with Crippen molar-refractivity contribution in [3.05, 3.63) is 108 Å². The highest BCUT2D eigenvalue weighted by Crippen LogP contribution is 2.52. The van der Waals surface area contributed by atoms with Crippen LogP contribution < -0.4 is 17.0 Å². The van der Waals surface area contributed by atoms with E-state index in [1.54, 1.807) is 76.2 Å². The Morgan fingerprint density at radius 3 is 2.52 bits per heavy atom. The summed E-state index contributed by atoms with van der Waals surface area (Å²) in [4.78, 5) is 45.4. The van der Waals surface area contributed by atoms with Gasteiger partial charge >= 0.3 is 5.69 Å². The maximum atomic E-state index is 16.6. The Balaban J connectivity index is 1.64. The van der Waals surface area contributed by atoms with Gasteiger partial charge in [-0.3, -0.25) is 9.59 Å². The Labute approximate surface area is 244 Å². The lowest BCUT2D eigenvalue weighted by atomic mass is 9.63. The molecule has 0 saturated carbocycles. The number of hydrogen-bond donors (Lipinski definition) is 4. The molecule has 3 unspecified atom stereocenters. The standard InChI is InChI=1S/C32H30ClFN4O4/c1-15-20(8-6-10-23(15)38-29(40)18-7-5-9-21(33)26(18)37-30(38)41)32(4)24(34)14-19(28(35)39)27-25(32)17-12-11-16(31(2,3)42)13-22(17)36-27/h5-13,19,24,36,42H,14H2,1-4H3,(H2,35,39)(H,37,41). The number of rotatable bonds is 4. The SMILES string of the molecule is Cc1c(-n2c(=O)[nH]c3c(Cl)cccc3c2=O)cccc1C1(C)c2c([nH]c3cc(C(C)(C)O)ccc23)C(C(N)=O)CC1F. The van der Waals surface area contributed by atoms with Crippen LogP contribution in [0.3, 0.4) is 0 Å². The lowest BCUT2D eigenvalue weighted by molar-refractivity contribution is -0.120. The van der Waals surface area contributed by atoms with E-state index < -0.39 is 40.3 Å². The van der Waals surface area contributed by atoms with E-state index in [2.05, 4.69) is 9.97 Å². The first-order valence-electron chi connectivity index (χ1n) is 13.6. The molecule has 0 saturated heterocycles. The molecule has 1 amide bonds. The average Bonchev–Trinajstić information content (AvgIpc) is 3.31. The molecule has 5 N–H and O–H groups in total. The number of aromatic nitrogens is 3. The first kappa shape index (κ1) is 27.9. The number of nitrogens with two attached hydrogens (primary N) is 1. The van der Waals surface area contributed by atoms with E-state index in [9.17, 15) is 19.5 Å². The molecule has 10 heteroatoms. The summed E-state index contributed by atoms with van der Waals surface area (Å²) < 4.78 is 17.6. The predicted octanol–water partition coefficient (Wildman–Crippen LogP) is 4.97. The Hall–Kier alpha value is -4.21. The minimum absolute atomic E-state index is 0.150. The minimum atomic E-state index is -1.53. The number of primary amides is 1. The van der Waals surface area contributed by atoms with Crippen molar-refractivity contribution in [3.63, 3.8) is 0 Å². The van der Waals surface area contributed by atoms with Crippen LogP contribution in [-0.2, 0) is 15.8 Å². The second kappa shape index (κ2) is 9.40. The Bertz CT molecular complexity index is 2050. The third kappa shape index (κ3) is 3.94. The molecule has 42 heavy (non-hydrogen) atoms. The summed E-state index contributed by atoms with van der Waals surface area (Å²) in [6, 6.07) is 15.3. The van der Waals surface area contributed by atoms with Crippen molar-refractivity contribution in [2.24, 2.45) is 5.73 Å². The van der Waals surface area contributed by atoms with Crippen molar-refractivity contribution in [2.75, 3.05) is 0 Å². The molecular formula is C32H30ClFN4O4. The van der Waals surface area contributed by atoms with Crippen LogP contribution in [-0.4, -0.2) is 31.7 Å². The number of carbonyl (C=O) groups excluding carboxylic acids is 1. The van der Waals surface area contributed by atoms with Gasteiger partial charge in [0.1, 0.15) is 6.17 Å². The maximum absolute atomic E-state index is 16.6. The van der Waals surface area contributed by atoms with E-state index in [1.165, 1.54) is 0 Å². The molecule has 0 spiro atoms. The zero-order valence-corrected chi connectivity index (χ0v) is 24.3. The molecule has 0 fully saturated rings. The van der Waals surface area contributed by atoms with E-state index in [0.29, 0.717) is 44.5 Å². The van der Waals surface area contributed by atoms with E-state index in [1.807, 2.05) is 6.07 Å². The van der Waals surface area contributed by atoms with Gasteiger partial charge in [0.15, 0.2) is 0 Å². The number of halogens is 2. The Kier molecular flexibility index (Phi) is 6.25. The number of aliphatic hydroxyl groups is 1. The minimum Gasteiger partial charge on any atom is -0.386 e. The molecule has 1 aliphatic carbocycles. The lowest BCUT2D eigenvalue weighted by Gasteiger charge is -2.41. The zero-order chi connectivity index (χ0) is 30.3. The number of fused-ring (bicyclic) bond motifs is 4. The van der Waals surface area contributed by atoms with Crippen LogP contribution in [0.2, 0.25) is 5.02 Å². The fourth-order valence-corrected chi connectivity index (χ4v) is 6.77. The summed E-state index contributed by atoms with van der Waals surface area (Å²) in [6.07, 6.45) is -1.68. The second-order valence-electron chi connectivity index (χ2n) is 11.8. The molecule has 216 valence electrons. The molecule has 3 aromatic carbocycles. The molecule has 0 bridgehead atoms. The normalized spacial score (nSPS) is 20.6. The third-order valence-electron chi connectivity index (χ3n) is 8.80. The highest BCUT2D eigenvalue weighted by molar-refractivity contribution is 6.34. The number of H-pyrrole nitrogens is 2. The topological polar surface area (TPSA) is 134 Å². The van der Waals surface area contributed by atoms with E-state index in [-0.39, 0.29) is 22.3 Å². The predicted molar refractivity (Wildman–Crippen MR) is 161 cm³/mol. The van der Waals surface area contributed by atoms with Crippen molar-refractivity contribution in [1.82, 2.24) is 14.5 Å². The van der Waals surface area contributed by atoms with Crippen molar-refractivity contribution in [1.29, 1.82) is 0 Å². The van der Waals surface area contributed by atoms with Gasteiger partial charge in [0.2, 0.25) is 5.91 Å². The summed E-state index contributed by atoms with van der Waals surface area (Å²) in [5.41, 5.74) is 6.14.